The van der Waals surface area contributed by atoms with Gasteiger partial charge >= 0.3 is 13.6 Å². The number of rotatable bonds is 6. The first-order chi connectivity index (χ1) is 8.03. The maximum absolute atomic E-state index is 12.1. The van der Waals surface area contributed by atoms with E-state index in [9.17, 15) is 9.36 Å². The standard InChI is InChI=1S/C11H15O5P/c1-15-17(14,16-2)10(11(12)13)8-9-6-4-3-5-7-9/h3-7,10H,8H2,1-2H3,(H,12,13)/t10-/m1/s1. The molecule has 0 bridgehead atoms. The number of hydrogen-bond acceptors (Lipinski definition) is 4. The minimum atomic E-state index is -3.61. The molecule has 1 N–H and O–H groups in total. The summed E-state index contributed by atoms with van der Waals surface area (Å²) in [6.07, 6.45) is 0.106. The molecule has 0 aromatic heterocycles. The van der Waals surface area contributed by atoms with Gasteiger partial charge in [0.2, 0.25) is 0 Å². The number of hydrogen-bond donors (Lipinski definition) is 1. The molecule has 0 amide bonds. The molecule has 0 radical (unpaired) electrons. The van der Waals surface area contributed by atoms with E-state index in [0.717, 1.165) is 5.56 Å². The molecule has 1 aromatic rings. The van der Waals surface area contributed by atoms with Crippen LogP contribution in [0, 0.1) is 0 Å². The van der Waals surface area contributed by atoms with Crippen LogP contribution < -0.4 is 0 Å². The molecule has 0 saturated carbocycles. The monoisotopic (exact) mass is 258 g/mol. The Morgan fingerprint density at radius 3 is 2.24 bits per heavy atom. The van der Waals surface area contributed by atoms with Crippen LogP contribution in [0.1, 0.15) is 5.56 Å². The highest BCUT2D eigenvalue weighted by Gasteiger charge is 2.39. The van der Waals surface area contributed by atoms with E-state index in [0.29, 0.717) is 0 Å². The third-order valence-corrected chi connectivity index (χ3v) is 4.63. The highest BCUT2D eigenvalue weighted by atomic mass is 31.2. The Hall–Kier alpha value is -1.16. The van der Waals surface area contributed by atoms with Crippen LogP contribution in [-0.4, -0.2) is 31.0 Å². The molecular weight excluding hydrogens is 243 g/mol. The van der Waals surface area contributed by atoms with Crippen molar-refractivity contribution in [1.29, 1.82) is 0 Å². The van der Waals surface area contributed by atoms with E-state index < -0.39 is 19.2 Å². The summed E-state index contributed by atoms with van der Waals surface area (Å²) in [6.45, 7) is 0. The topological polar surface area (TPSA) is 72.8 Å². The van der Waals surface area contributed by atoms with Crippen LogP contribution in [0.15, 0.2) is 30.3 Å². The minimum Gasteiger partial charge on any atom is -0.481 e. The largest absolute Gasteiger partial charge is 0.481 e. The zero-order valence-electron chi connectivity index (χ0n) is 9.70. The van der Waals surface area contributed by atoms with E-state index in [-0.39, 0.29) is 6.42 Å². The molecule has 0 aliphatic carbocycles. The summed E-state index contributed by atoms with van der Waals surface area (Å²) in [5, 5.41) is 9.10. The molecule has 0 unspecified atom stereocenters. The lowest BCUT2D eigenvalue weighted by Crippen LogP contribution is -2.24. The maximum atomic E-state index is 12.1. The maximum Gasteiger partial charge on any atom is 0.344 e. The number of benzene rings is 1. The fourth-order valence-corrected chi connectivity index (χ4v) is 2.86. The zero-order valence-corrected chi connectivity index (χ0v) is 10.6. The first kappa shape index (κ1) is 13.9. The lowest BCUT2D eigenvalue weighted by Gasteiger charge is -2.20. The molecule has 5 nitrogen and oxygen atoms in total. The van der Waals surface area contributed by atoms with Gasteiger partial charge in [-0.05, 0) is 12.0 Å². The van der Waals surface area contributed by atoms with Crippen LogP contribution in [0.2, 0.25) is 0 Å². The van der Waals surface area contributed by atoms with Gasteiger partial charge in [0.1, 0.15) is 0 Å². The third-order valence-electron chi connectivity index (χ3n) is 2.45. The second kappa shape index (κ2) is 5.96. The lowest BCUT2D eigenvalue weighted by molar-refractivity contribution is -0.136. The van der Waals surface area contributed by atoms with Crippen LogP contribution in [0.3, 0.4) is 0 Å². The van der Waals surface area contributed by atoms with Gasteiger partial charge in [0.15, 0.2) is 5.66 Å². The normalized spacial score (nSPS) is 13.3. The SMILES string of the molecule is COP(=O)(OC)[C@H](Cc1ccccc1)C(=O)O. The van der Waals surface area contributed by atoms with Gasteiger partial charge in [-0.3, -0.25) is 9.36 Å². The molecule has 1 aromatic carbocycles. The van der Waals surface area contributed by atoms with Crippen molar-refractivity contribution in [2.45, 2.75) is 12.1 Å². The molecule has 0 saturated heterocycles. The molecule has 94 valence electrons. The Labute approximate surface area is 99.9 Å². The predicted molar refractivity (Wildman–Crippen MR) is 63.2 cm³/mol. The van der Waals surface area contributed by atoms with Gasteiger partial charge in [-0.25, -0.2) is 0 Å². The van der Waals surface area contributed by atoms with E-state index >= 15 is 0 Å². The highest BCUT2D eigenvalue weighted by molar-refractivity contribution is 7.55. The van der Waals surface area contributed by atoms with Crippen molar-refractivity contribution >= 4 is 13.6 Å². The number of carboxylic acids is 1. The van der Waals surface area contributed by atoms with Crippen molar-refractivity contribution in [3.8, 4) is 0 Å². The Morgan fingerprint density at radius 1 is 1.29 bits per heavy atom. The first-order valence-electron chi connectivity index (χ1n) is 5.01. The third kappa shape index (κ3) is 3.40. The van der Waals surface area contributed by atoms with Gasteiger partial charge in [0, 0.05) is 14.2 Å². The summed E-state index contributed by atoms with van der Waals surface area (Å²) in [5.74, 6) is -1.19. The molecule has 0 aliphatic heterocycles. The first-order valence-corrected chi connectivity index (χ1v) is 6.62. The highest BCUT2D eigenvalue weighted by Crippen LogP contribution is 2.52. The summed E-state index contributed by atoms with van der Waals surface area (Å²) in [5.41, 5.74) is -0.422. The summed E-state index contributed by atoms with van der Waals surface area (Å²) in [7, 11) is -1.24. The Kier molecular flexibility index (Phi) is 4.87. The van der Waals surface area contributed by atoms with Crippen molar-refractivity contribution in [2.75, 3.05) is 14.2 Å². The van der Waals surface area contributed by atoms with E-state index in [4.69, 9.17) is 14.2 Å². The van der Waals surface area contributed by atoms with Crippen molar-refractivity contribution in [2.24, 2.45) is 0 Å². The summed E-state index contributed by atoms with van der Waals surface area (Å²) >= 11 is 0. The van der Waals surface area contributed by atoms with E-state index in [1.54, 1.807) is 24.3 Å². The quantitative estimate of drug-likeness (QED) is 0.791. The molecule has 1 rings (SSSR count). The molecular formula is C11H15O5P. The van der Waals surface area contributed by atoms with Crippen molar-refractivity contribution in [3.63, 3.8) is 0 Å². The Morgan fingerprint density at radius 2 is 1.82 bits per heavy atom. The average Bonchev–Trinajstić information content (AvgIpc) is 2.36. The minimum absolute atomic E-state index is 0.106. The smallest absolute Gasteiger partial charge is 0.344 e. The second-order valence-corrected chi connectivity index (χ2v) is 5.88. The lowest BCUT2D eigenvalue weighted by atomic mass is 10.1. The van der Waals surface area contributed by atoms with Crippen LogP contribution in [0.25, 0.3) is 0 Å². The molecule has 1 atom stereocenters. The van der Waals surface area contributed by atoms with Gasteiger partial charge in [-0.15, -0.1) is 0 Å². The molecule has 0 aliphatic rings. The van der Waals surface area contributed by atoms with Gasteiger partial charge in [0.25, 0.3) is 0 Å². The van der Waals surface area contributed by atoms with Crippen molar-refractivity contribution < 1.29 is 23.5 Å². The fourth-order valence-electron chi connectivity index (χ4n) is 1.50. The van der Waals surface area contributed by atoms with Crippen LogP contribution in [-0.2, 0) is 24.8 Å². The fraction of sp³-hybridized carbons (Fsp3) is 0.364. The molecule has 0 spiro atoms. The van der Waals surface area contributed by atoms with Gasteiger partial charge < -0.3 is 14.2 Å². The Bertz CT molecular complexity index is 409. The van der Waals surface area contributed by atoms with Crippen LogP contribution >= 0.6 is 7.60 Å². The molecule has 6 heteroatoms. The summed E-state index contributed by atoms with van der Waals surface area (Å²) in [4.78, 5) is 11.1. The number of aliphatic carboxylic acids is 1. The summed E-state index contributed by atoms with van der Waals surface area (Å²) in [6, 6.07) is 8.94. The van der Waals surface area contributed by atoms with Crippen molar-refractivity contribution in [3.05, 3.63) is 35.9 Å². The number of carbonyl (C=O) groups is 1. The molecule has 17 heavy (non-hydrogen) atoms. The average molecular weight is 258 g/mol. The van der Waals surface area contributed by atoms with E-state index in [1.807, 2.05) is 6.07 Å². The predicted octanol–water partition coefficient (Wildman–Crippen LogP) is 2.17. The van der Waals surface area contributed by atoms with Gasteiger partial charge in [-0.1, -0.05) is 30.3 Å². The van der Waals surface area contributed by atoms with Gasteiger partial charge in [-0.2, -0.15) is 0 Å². The van der Waals surface area contributed by atoms with E-state index in [2.05, 4.69) is 0 Å². The number of carboxylic acid groups (broad SMARTS) is 1. The van der Waals surface area contributed by atoms with E-state index in [1.165, 1.54) is 14.2 Å². The summed E-state index contributed by atoms with van der Waals surface area (Å²) < 4.78 is 21.5. The Balaban J connectivity index is 2.96. The van der Waals surface area contributed by atoms with Crippen LogP contribution in [0.5, 0.6) is 0 Å². The van der Waals surface area contributed by atoms with Crippen molar-refractivity contribution in [1.82, 2.24) is 0 Å². The molecule has 0 fully saturated rings. The van der Waals surface area contributed by atoms with Crippen LogP contribution in [0.4, 0.5) is 0 Å². The second-order valence-electron chi connectivity index (χ2n) is 3.45. The zero-order chi connectivity index (χ0) is 12.9. The van der Waals surface area contributed by atoms with Gasteiger partial charge in [0.05, 0.1) is 0 Å². The molecule has 0 heterocycles.